The van der Waals surface area contributed by atoms with E-state index in [2.05, 4.69) is 5.32 Å². The number of amides is 1. The molecule has 0 aromatic heterocycles. The molecule has 4 nitrogen and oxygen atoms in total. The lowest BCUT2D eigenvalue weighted by atomic mass is 9.86. The largest absolute Gasteiger partial charge is 0.462 e. The molecular formula is C11H19NO3. The number of hydrogen-bond acceptors (Lipinski definition) is 3. The Labute approximate surface area is 90.4 Å². The summed E-state index contributed by atoms with van der Waals surface area (Å²) in [6.07, 6.45) is 4.20. The van der Waals surface area contributed by atoms with Crippen LogP contribution >= 0.6 is 0 Å². The van der Waals surface area contributed by atoms with Gasteiger partial charge in [0.2, 0.25) is 5.91 Å². The quantitative estimate of drug-likeness (QED) is 0.718. The van der Waals surface area contributed by atoms with Crippen molar-refractivity contribution >= 4 is 11.9 Å². The van der Waals surface area contributed by atoms with Gasteiger partial charge in [-0.3, -0.25) is 9.59 Å². The van der Waals surface area contributed by atoms with E-state index < -0.39 is 0 Å². The van der Waals surface area contributed by atoms with Crippen LogP contribution in [-0.2, 0) is 14.3 Å². The molecule has 0 radical (unpaired) electrons. The zero-order valence-corrected chi connectivity index (χ0v) is 9.41. The van der Waals surface area contributed by atoms with Gasteiger partial charge in [-0.1, -0.05) is 6.42 Å². The van der Waals surface area contributed by atoms with Gasteiger partial charge in [0.05, 0.1) is 0 Å². The molecular weight excluding hydrogens is 194 g/mol. The first kappa shape index (κ1) is 12.0. The molecule has 0 saturated heterocycles. The molecule has 15 heavy (non-hydrogen) atoms. The lowest BCUT2D eigenvalue weighted by Crippen LogP contribution is -2.38. The van der Waals surface area contributed by atoms with Crippen molar-refractivity contribution in [2.75, 3.05) is 6.54 Å². The minimum absolute atomic E-state index is 0.0110. The molecule has 1 saturated carbocycles. The minimum Gasteiger partial charge on any atom is -0.462 e. The van der Waals surface area contributed by atoms with E-state index >= 15 is 0 Å². The molecule has 1 aliphatic carbocycles. The van der Waals surface area contributed by atoms with Crippen molar-refractivity contribution < 1.29 is 14.3 Å². The third kappa shape index (κ3) is 4.32. The third-order valence-corrected chi connectivity index (χ3v) is 2.77. The summed E-state index contributed by atoms with van der Waals surface area (Å²) in [6.45, 7) is 3.56. The van der Waals surface area contributed by atoms with Crippen molar-refractivity contribution in [2.45, 2.75) is 45.6 Å². The highest BCUT2D eigenvalue weighted by atomic mass is 16.5. The normalized spacial score (nSPS) is 25.7. The highest BCUT2D eigenvalue weighted by Crippen LogP contribution is 2.26. The molecule has 0 aromatic carbocycles. The molecule has 1 aliphatic rings. The number of ether oxygens (including phenoxy) is 1. The van der Waals surface area contributed by atoms with E-state index in [4.69, 9.17) is 4.74 Å². The number of nitrogens with one attached hydrogen (secondary N) is 1. The molecule has 4 heteroatoms. The van der Waals surface area contributed by atoms with E-state index in [-0.39, 0.29) is 23.9 Å². The van der Waals surface area contributed by atoms with E-state index in [1.165, 1.54) is 13.8 Å². The lowest BCUT2D eigenvalue weighted by molar-refractivity contribution is -0.150. The molecule has 1 amide bonds. The molecule has 1 rings (SSSR count). The summed E-state index contributed by atoms with van der Waals surface area (Å²) in [5, 5.41) is 2.79. The Bertz CT molecular complexity index is 240. The molecule has 0 unspecified atom stereocenters. The van der Waals surface area contributed by atoms with Gasteiger partial charge in [0.15, 0.2) is 0 Å². The summed E-state index contributed by atoms with van der Waals surface area (Å²) in [6, 6.07) is 0. The average molecular weight is 213 g/mol. The van der Waals surface area contributed by atoms with Crippen LogP contribution in [0.1, 0.15) is 39.5 Å². The zero-order chi connectivity index (χ0) is 11.3. The Kier molecular flexibility index (Phi) is 4.59. The maximum atomic E-state index is 10.9. The predicted molar refractivity (Wildman–Crippen MR) is 56.2 cm³/mol. The molecule has 0 spiro atoms. The SMILES string of the molecule is CC(=O)NC[C@@H]1CCCC[C@H]1OC(C)=O. The fraction of sp³-hybridized carbons (Fsp3) is 0.818. The topological polar surface area (TPSA) is 55.4 Å². The fourth-order valence-electron chi connectivity index (χ4n) is 2.05. The summed E-state index contributed by atoms with van der Waals surface area (Å²) in [5.41, 5.74) is 0. The van der Waals surface area contributed by atoms with Gasteiger partial charge in [-0.2, -0.15) is 0 Å². The van der Waals surface area contributed by atoms with Crippen LogP contribution in [0, 0.1) is 5.92 Å². The summed E-state index contributed by atoms with van der Waals surface area (Å²) in [7, 11) is 0. The maximum absolute atomic E-state index is 10.9. The number of carbonyl (C=O) groups excluding carboxylic acids is 2. The van der Waals surface area contributed by atoms with E-state index in [0.717, 1.165) is 25.7 Å². The minimum atomic E-state index is -0.227. The van der Waals surface area contributed by atoms with Gasteiger partial charge < -0.3 is 10.1 Å². The Morgan fingerprint density at radius 1 is 1.27 bits per heavy atom. The van der Waals surface area contributed by atoms with Gasteiger partial charge in [-0.25, -0.2) is 0 Å². The number of carbonyl (C=O) groups is 2. The molecule has 1 N–H and O–H groups in total. The van der Waals surface area contributed by atoms with Crippen LogP contribution in [0.4, 0.5) is 0 Å². The van der Waals surface area contributed by atoms with Gasteiger partial charge >= 0.3 is 5.97 Å². The second-order valence-electron chi connectivity index (χ2n) is 4.13. The highest BCUT2D eigenvalue weighted by molar-refractivity contribution is 5.72. The van der Waals surface area contributed by atoms with Crippen LogP contribution in [0.5, 0.6) is 0 Å². The second kappa shape index (κ2) is 5.73. The Morgan fingerprint density at radius 3 is 2.53 bits per heavy atom. The van der Waals surface area contributed by atoms with Crippen LogP contribution < -0.4 is 5.32 Å². The number of rotatable bonds is 3. The fourth-order valence-corrected chi connectivity index (χ4v) is 2.05. The second-order valence-corrected chi connectivity index (χ2v) is 4.13. The third-order valence-electron chi connectivity index (χ3n) is 2.77. The molecule has 86 valence electrons. The number of esters is 1. The van der Waals surface area contributed by atoms with Crippen LogP contribution in [0.2, 0.25) is 0 Å². The molecule has 0 aliphatic heterocycles. The van der Waals surface area contributed by atoms with Crippen LogP contribution in [0.25, 0.3) is 0 Å². The summed E-state index contributed by atoms with van der Waals surface area (Å²) >= 11 is 0. The Morgan fingerprint density at radius 2 is 1.93 bits per heavy atom. The highest BCUT2D eigenvalue weighted by Gasteiger charge is 2.27. The first-order chi connectivity index (χ1) is 7.09. The van der Waals surface area contributed by atoms with Gasteiger partial charge in [0, 0.05) is 26.3 Å². The van der Waals surface area contributed by atoms with Gasteiger partial charge in [0.25, 0.3) is 0 Å². The summed E-state index contributed by atoms with van der Waals surface area (Å²) in [5.74, 6) is 0.0309. The van der Waals surface area contributed by atoms with Gasteiger partial charge in [-0.05, 0) is 19.3 Å². The molecule has 0 heterocycles. The Balaban J connectivity index is 2.42. The summed E-state index contributed by atoms with van der Waals surface area (Å²) < 4.78 is 5.25. The van der Waals surface area contributed by atoms with E-state index in [0.29, 0.717) is 6.54 Å². The first-order valence-corrected chi connectivity index (χ1v) is 5.51. The molecule has 0 bridgehead atoms. The predicted octanol–water partition coefficient (Wildman–Crippen LogP) is 1.24. The summed E-state index contributed by atoms with van der Waals surface area (Å²) in [4.78, 5) is 21.7. The van der Waals surface area contributed by atoms with Crippen molar-refractivity contribution in [1.29, 1.82) is 0 Å². The Hall–Kier alpha value is -1.06. The van der Waals surface area contributed by atoms with Crippen LogP contribution in [0.3, 0.4) is 0 Å². The van der Waals surface area contributed by atoms with Gasteiger partial charge in [-0.15, -0.1) is 0 Å². The average Bonchev–Trinajstić information content (AvgIpc) is 2.15. The zero-order valence-electron chi connectivity index (χ0n) is 9.41. The van der Waals surface area contributed by atoms with E-state index in [1.807, 2.05) is 0 Å². The molecule has 1 fully saturated rings. The van der Waals surface area contributed by atoms with Crippen LogP contribution in [-0.4, -0.2) is 24.5 Å². The molecule has 0 aromatic rings. The van der Waals surface area contributed by atoms with E-state index in [9.17, 15) is 9.59 Å². The van der Waals surface area contributed by atoms with Crippen molar-refractivity contribution in [1.82, 2.24) is 5.32 Å². The first-order valence-electron chi connectivity index (χ1n) is 5.51. The lowest BCUT2D eigenvalue weighted by Gasteiger charge is -2.30. The van der Waals surface area contributed by atoms with Crippen molar-refractivity contribution in [3.63, 3.8) is 0 Å². The van der Waals surface area contributed by atoms with Crippen molar-refractivity contribution in [3.05, 3.63) is 0 Å². The van der Waals surface area contributed by atoms with Gasteiger partial charge in [0.1, 0.15) is 6.10 Å². The monoisotopic (exact) mass is 213 g/mol. The van der Waals surface area contributed by atoms with Crippen molar-refractivity contribution in [2.24, 2.45) is 5.92 Å². The smallest absolute Gasteiger partial charge is 0.302 e. The maximum Gasteiger partial charge on any atom is 0.302 e. The van der Waals surface area contributed by atoms with Crippen molar-refractivity contribution in [3.8, 4) is 0 Å². The number of hydrogen-bond donors (Lipinski definition) is 1. The van der Waals surface area contributed by atoms with E-state index in [1.54, 1.807) is 0 Å². The molecule has 2 atom stereocenters. The standard InChI is InChI=1S/C11H19NO3/c1-8(13)12-7-10-5-3-4-6-11(10)15-9(2)14/h10-11H,3-7H2,1-2H3,(H,12,13)/t10-,11+/m0/s1. The van der Waals surface area contributed by atoms with Crippen LogP contribution in [0.15, 0.2) is 0 Å².